The molecule has 7 heteroatoms. The van der Waals surface area contributed by atoms with Gasteiger partial charge in [-0.05, 0) is 50.7 Å². The van der Waals surface area contributed by atoms with Crippen LogP contribution in [-0.4, -0.2) is 42.0 Å². The largest absolute Gasteiger partial charge is 0.336 e. The summed E-state index contributed by atoms with van der Waals surface area (Å²) in [5.74, 6) is -0.297. The molecule has 1 atom stereocenters. The predicted molar refractivity (Wildman–Crippen MR) is 83.4 cm³/mol. The van der Waals surface area contributed by atoms with Gasteiger partial charge in [-0.3, -0.25) is 4.79 Å². The summed E-state index contributed by atoms with van der Waals surface area (Å²) in [6.07, 6.45) is 5.49. The summed E-state index contributed by atoms with van der Waals surface area (Å²) in [5.41, 5.74) is 0. The Morgan fingerprint density at radius 1 is 1.36 bits per heavy atom. The van der Waals surface area contributed by atoms with Crippen LogP contribution in [0, 0.1) is 5.92 Å². The van der Waals surface area contributed by atoms with E-state index in [0.29, 0.717) is 10.9 Å². The summed E-state index contributed by atoms with van der Waals surface area (Å²) in [5, 5.41) is 0.271. The zero-order chi connectivity index (χ0) is 15.9. The van der Waals surface area contributed by atoms with Crippen molar-refractivity contribution in [1.29, 1.82) is 0 Å². The molecule has 0 spiro atoms. The maximum atomic E-state index is 12.5. The van der Waals surface area contributed by atoms with Gasteiger partial charge in [-0.25, -0.2) is 13.4 Å². The Kier molecular flexibility index (Phi) is 4.16. The van der Waals surface area contributed by atoms with Crippen molar-refractivity contribution in [3.8, 4) is 0 Å². The molecular weight excluding hydrogens is 324 g/mol. The molecule has 1 heterocycles. The smallest absolute Gasteiger partial charge is 0.238 e. The van der Waals surface area contributed by atoms with Crippen LogP contribution in [0.1, 0.15) is 32.6 Å². The Morgan fingerprint density at radius 3 is 2.55 bits per heavy atom. The molecule has 3 rings (SSSR count). The molecule has 5 nitrogen and oxygen atoms in total. The zero-order valence-electron chi connectivity index (χ0n) is 12.4. The number of sulfone groups is 1. The SMILES string of the molecule is CC(C1CC1)N(C(=O)CS(=O)(=O)c1ccc(Cl)cn1)C1CC1. The third-order valence-electron chi connectivity index (χ3n) is 4.30. The molecule has 120 valence electrons. The Balaban J connectivity index is 1.75. The normalized spacial score (nSPS) is 19.7. The molecule has 1 amide bonds. The predicted octanol–water partition coefficient (Wildman–Crippen LogP) is 2.30. The summed E-state index contributed by atoms with van der Waals surface area (Å²) in [6, 6.07) is 3.17. The van der Waals surface area contributed by atoms with Crippen LogP contribution in [0.5, 0.6) is 0 Å². The third-order valence-corrected chi connectivity index (χ3v) is 6.03. The Bertz CT molecular complexity index is 667. The molecule has 2 fully saturated rings. The van der Waals surface area contributed by atoms with E-state index in [0.717, 1.165) is 25.7 Å². The number of pyridine rings is 1. The maximum absolute atomic E-state index is 12.5. The molecular formula is C15H19ClN2O3S. The van der Waals surface area contributed by atoms with E-state index in [1.807, 2.05) is 6.92 Å². The third kappa shape index (κ3) is 3.43. The van der Waals surface area contributed by atoms with Crippen molar-refractivity contribution in [2.24, 2.45) is 5.92 Å². The van der Waals surface area contributed by atoms with Crippen LogP contribution >= 0.6 is 11.6 Å². The molecule has 0 aliphatic heterocycles. The highest BCUT2D eigenvalue weighted by atomic mass is 35.5. The fourth-order valence-electron chi connectivity index (χ4n) is 2.78. The average molecular weight is 343 g/mol. The van der Waals surface area contributed by atoms with Gasteiger partial charge in [0.25, 0.3) is 0 Å². The van der Waals surface area contributed by atoms with Crippen LogP contribution in [0.4, 0.5) is 0 Å². The van der Waals surface area contributed by atoms with Gasteiger partial charge in [0.1, 0.15) is 5.75 Å². The molecule has 0 radical (unpaired) electrons. The minimum atomic E-state index is -3.73. The number of hydrogen-bond donors (Lipinski definition) is 0. The fraction of sp³-hybridized carbons (Fsp3) is 0.600. The summed E-state index contributed by atoms with van der Waals surface area (Å²) >= 11 is 5.72. The standard InChI is InChI=1S/C15H19ClN2O3S/c1-10(11-2-3-11)18(13-5-6-13)15(19)9-22(20,21)14-7-4-12(16)8-17-14/h4,7-8,10-11,13H,2-3,5-6,9H2,1H3. The lowest BCUT2D eigenvalue weighted by Gasteiger charge is -2.29. The first-order valence-electron chi connectivity index (χ1n) is 7.54. The molecule has 1 aromatic rings. The van der Waals surface area contributed by atoms with Crippen LogP contribution in [0.25, 0.3) is 0 Å². The van der Waals surface area contributed by atoms with Crippen molar-refractivity contribution in [2.75, 3.05) is 5.75 Å². The number of nitrogens with zero attached hydrogens (tertiary/aromatic N) is 2. The lowest BCUT2D eigenvalue weighted by molar-refractivity contribution is -0.131. The second-order valence-electron chi connectivity index (χ2n) is 6.18. The summed E-state index contributed by atoms with van der Waals surface area (Å²) < 4.78 is 24.7. The molecule has 1 aromatic heterocycles. The van der Waals surface area contributed by atoms with Gasteiger partial charge in [-0.2, -0.15) is 0 Å². The first-order valence-corrected chi connectivity index (χ1v) is 9.57. The van der Waals surface area contributed by atoms with Crippen molar-refractivity contribution in [1.82, 2.24) is 9.88 Å². The van der Waals surface area contributed by atoms with Gasteiger partial charge in [0, 0.05) is 18.3 Å². The van der Waals surface area contributed by atoms with Crippen LogP contribution < -0.4 is 0 Å². The highest BCUT2D eigenvalue weighted by Crippen LogP contribution is 2.39. The van der Waals surface area contributed by atoms with Gasteiger partial charge in [-0.15, -0.1) is 0 Å². The summed E-state index contributed by atoms with van der Waals surface area (Å²) in [7, 11) is -3.73. The number of rotatable bonds is 6. The second kappa shape index (κ2) is 5.81. The Hall–Kier alpha value is -1.14. The van der Waals surface area contributed by atoms with Gasteiger partial charge in [-0.1, -0.05) is 11.6 Å². The lowest BCUT2D eigenvalue weighted by atomic mass is 10.2. The van der Waals surface area contributed by atoms with Gasteiger partial charge >= 0.3 is 0 Å². The fourth-order valence-corrected chi connectivity index (χ4v) is 4.00. The number of carbonyl (C=O) groups is 1. The van der Waals surface area contributed by atoms with Crippen molar-refractivity contribution < 1.29 is 13.2 Å². The monoisotopic (exact) mass is 342 g/mol. The van der Waals surface area contributed by atoms with E-state index < -0.39 is 15.6 Å². The average Bonchev–Trinajstić information content (AvgIpc) is 3.32. The van der Waals surface area contributed by atoms with Gasteiger partial charge in [0.05, 0.1) is 5.02 Å². The van der Waals surface area contributed by atoms with Crippen LogP contribution in [-0.2, 0) is 14.6 Å². The van der Waals surface area contributed by atoms with E-state index in [4.69, 9.17) is 11.6 Å². The first-order chi connectivity index (χ1) is 10.4. The molecule has 0 bridgehead atoms. The molecule has 2 aliphatic rings. The van der Waals surface area contributed by atoms with E-state index in [-0.39, 0.29) is 23.0 Å². The molecule has 1 unspecified atom stereocenters. The van der Waals surface area contributed by atoms with E-state index in [9.17, 15) is 13.2 Å². The minimum Gasteiger partial charge on any atom is -0.336 e. The minimum absolute atomic E-state index is 0.0972. The quantitative estimate of drug-likeness (QED) is 0.795. The van der Waals surface area contributed by atoms with Gasteiger partial charge in [0.2, 0.25) is 15.7 Å². The number of aromatic nitrogens is 1. The zero-order valence-corrected chi connectivity index (χ0v) is 14.0. The summed E-state index contributed by atoms with van der Waals surface area (Å²) in [6.45, 7) is 2.03. The van der Waals surface area contributed by atoms with Gasteiger partial charge in [0.15, 0.2) is 5.03 Å². The van der Waals surface area contributed by atoms with Crippen molar-refractivity contribution in [3.05, 3.63) is 23.4 Å². The van der Waals surface area contributed by atoms with Crippen LogP contribution in [0.15, 0.2) is 23.4 Å². The Labute approximate surface area is 135 Å². The highest BCUT2D eigenvalue weighted by Gasteiger charge is 2.42. The molecule has 0 aromatic carbocycles. The van der Waals surface area contributed by atoms with E-state index >= 15 is 0 Å². The second-order valence-corrected chi connectivity index (χ2v) is 8.56. The van der Waals surface area contributed by atoms with E-state index in [1.165, 1.54) is 18.3 Å². The maximum Gasteiger partial charge on any atom is 0.238 e. The van der Waals surface area contributed by atoms with E-state index in [2.05, 4.69) is 4.98 Å². The van der Waals surface area contributed by atoms with Crippen LogP contribution in [0.2, 0.25) is 5.02 Å². The molecule has 0 saturated heterocycles. The summed E-state index contributed by atoms with van der Waals surface area (Å²) in [4.78, 5) is 18.2. The molecule has 0 N–H and O–H groups in total. The van der Waals surface area contributed by atoms with Crippen LogP contribution in [0.3, 0.4) is 0 Å². The highest BCUT2D eigenvalue weighted by molar-refractivity contribution is 7.92. The molecule has 2 aliphatic carbocycles. The number of halogens is 1. The first kappa shape index (κ1) is 15.7. The molecule has 2 saturated carbocycles. The van der Waals surface area contributed by atoms with Crippen molar-refractivity contribution in [3.63, 3.8) is 0 Å². The lowest BCUT2D eigenvalue weighted by Crippen LogP contribution is -2.44. The van der Waals surface area contributed by atoms with Crippen molar-refractivity contribution in [2.45, 2.75) is 49.7 Å². The number of hydrogen-bond acceptors (Lipinski definition) is 4. The van der Waals surface area contributed by atoms with Crippen molar-refractivity contribution >= 4 is 27.3 Å². The molecule has 22 heavy (non-hydrogen) atoms. The van der Waals surface area contributed by atoms with E-state index in [1.54, 1.807) is 4.90 Å². The topological polar surface area (TPSA) is 67.3 Å². The number of carbonyl (C=O) groups excluding carboxylic acids is 1. The van der Waals surface area contributed by atoms with Gasteiger partial charge < -0.3 is 4.90 Å². The Morgan fingerprint density at radius 2 is 2.05 bits per heavy atom. The number of amides is 1.